The average molecular weight is 627 g/mol. The molecule has 0 fully saturated rings. The normalized spacial score (nSPS) is 13.4. The van der Waals surface area contributed by atoms with Gasteiger partial charge < -0.3 is 34.9 Å². The summed E-state index contributed by atoms with van der Waals surface area (Å²) in [6.45, 7) is 11.7. The number of nitrogens with one attached hydrogen (secondary N) is 2. The second kappa shape index (κ2) is 14.9. The van der Waals surface area contributed by atoms with Gasteiger partial charge in [0.15, 0.2) is 0 Å². The van der Waals surface area contributed by atoms with Gasteiger partial charge in [-0.05, 0) is 130 Å². The van der Waals surface area contributed by atoms with Gasteiger partial charge in [0.2, 0.25) is 0 Å². The molecule has 3 N–H and O–H groups in total. The SMILES string of the molecule is CCc1c(C)c2cc3nc(cc4nc(cc5[nH]c(cc1[nH]2)c(C)c5C(C)O)C(C)=C4CCC(=O)[O-])C(CCC(=O)[O-])=C3C.[Na+].[Na+]. The van der Waals surface area contributed by atoms with E-state index < -0.39 is 18.0 Å². The van der Waals surface area contributed by atoms with Crippen LogP contribution in [0.3, 0.4) is 0 Å². The molecule has 2 aliphatic heterocycles. The molecule has 0 aromatic carbocycles. The Bertz CT molecular complexity index is 1900. The molecular weight excluding hydrogens is 590 g/mol. The summed E-state index contributed by atoms with van der Waals surface area (Å²) in [5.41, 5.74) is 13.1. The van der Waals surface area contributed by atoms with Gasteiger partial charge in [0.05, 0.1) is 28.9 Å². The van der Waals surface area contributed by atoms with Gasteiger partial charge in [-0.3, -0.25) is 0 Å². The van der Waals surface area contributed by atoms with Crippen molar-refractivity contribution < 1.29 is 84.0 Å². The van der Waals surface area contributed by atoms with Crippen LogP contribution in [0.1, 0.15) is 105 Å². The predicted octanol–water partition coefficient (Wildman–Crippen LogP) is -1.52. The maximum absolute atomic E-state index is 11.4. The Hall–Kier alpha value is -2.50. The van der Waals surface area contributed by atoms with Crippen molar-refractivity contribution in [2.24, 2.45) is 0 Å². The quantitative estimate of drug-likeness (QED) is 0.256. The largest absolute Gasteiger partial charge is 1.00 e. The second-order valence-corrected chi connectivity index (χ2v) is 11.4. The number of hydrogen-bond acceptors (Lipinski definition) is 7. The van der Waals surface area contributed by atoms with Crippen molar-refractivity contribution in [3.05, 3.63) is 69.3 Å². The van der Waals surface area contributed by atoms with Crippen LogP contribution in [0.25, 0.3) is 44.4 Å². The monoisotopic (exact) mass is 626 g/mol. The predicted molar refractivity (Wildman–Crippen MR) is 164 cm³/mol. The average Bonchev–Trinajstić information content (AvgIpc) is 3.59. The van der Waals surface area contributed by atoms with E-state index in [1.54, 1.807) is 6.92 Å². The first-order valence-corrected chi connectivity index (χ1v) is 14.6. The van der Waals surface area contributed by atoms with E-state index in [0.29, 0.717) is 22.8 Å². The van der Waals surface area contributed by atoms with Crippen LogP contribution in [0, 0.1) is 13.8 Å². The molecule has 11 heteroatoms. The Morgan fingerprint density at radius 3 is 1.67 bits per heavy atom. The molecule has 0 amide bonds. The molecule has 0 radical (unpaired) electrons. The second-order valence-electron chi connectivity index (χ2n) is 11.4. The summed E-state index contributed by atoms with van der Waals surface area (Å²) in [6, 6.07) is 7.75. The Balaban J connectivity index is 0.00000276. The molecule has 9 nitrogen and oxygen atoms in total. The number of carboxylic acid groups (broad SMARTS) is 2. The van der Waals surface area contributed by atoms with Crippen LogP contribution in [-0.4, -0.2) is 37.0 Å². The molecule has 3 aromatic rings. The van der Waals surface area contributed by atoms with Gasteiger partial charge >= 0.3 is 59.1 Å². The molecule has 5 heterocycles. The van der Waals surface area contributed by atoms with Gasteiger partial charge in [-0.1, -0.05) is 6.92 Å². The fourth-order valence-electron chi connectivity index (χ4n) is 6.26. The van der Waals surface area contributed by atoms with Crippen LogP contribution in [0.5, 0.6) is 0 Å². The number of aryl methyl sites for hydroxylation is 3. The maximum atomic E-state index is 11.4. The molecule has 1 atom stereocenters. The van der Waals surface area contributed by atoms with Crippen molar-refractivity contribution in [3.63, 3.8) is 0 Å². The van der Waals surface area contributed by atoms with E-state index in [1.165, 1.54) is 0 Å². The van der Waals surface area contributed by atoms with Crippen LogP contribution in [0.15, 0.2) is 24.3 Å². The molecule has 1 unspecified atom stereocenters. The van der Waals surface area contributed by atoms with Crippen LogP contribution in [0.4, 0.5) is 0 Å². The molecule has 8 bridgehead atoms. The fraction of sp³-hybridized carbons (Fsp3) is 0.353. The number of aliphatic hydroxyl groups excluding tert-OH is 1. The molecule has 0 spiro atoms. The number of carboxylic acids is 2. The summed E-state index contributed by atoms with van der Waals surface area (Å²) in [5, 5.41) is 33.6. The number of nitrogens with zero attached hydrogens (tertiary/aromatic N) is 2. The number of H-pyrrole nitrogens is 2. The minimum atomic E-state index is -1.16. The summed E-state index contributed by atoms with van der Waals surface area (Å²) in [7, 11) is 0. The van der Waals surface area contributed by atoms with Crippen molar-refractivity contribution in [2.45, 2.75) is 79.8 Å². The third-order valence-corrected chi connectivity index (χ3v) is 8.65. The number of fused-ring (bicyclic) bond motifs is 8. The zero-order valence-electron chi connectivity index (χ0n) is 27.4. The standard InChI is InChI=1S/C34H38N4O5.2Na/c1-7-21-16(2)24-12-25-17(3)22(8-10-32(40)41)29(36-25)15-30-23(9-11-33(42)43)18(4)26(37-30)14-31-34(20(6)39)19(5)27(38-31)13-28(21)35-24;;/h12-15,20,35,38-39H,7-11H2,1-6H3,(H,40,41)(H,42,43);;/q;2*+1/p-2. The molecule has 3 aromatic heterocycles. The third-order valence-electron chi connectivity index (χ3n) is 8.65. The van der Waals surface area contributed by atoms with Crippen LogP contribution >= 0.6 is 0 Å². The van der Waals surface area contributed by atoms with E-state index in [4.69, 9.17) is 9.97 Å². The van der Waals surface area contributed by atoms with Crippen molar-refractivity contribution in [2.75, 3.05) is 0 Å². The first kappa shape index (κ1) is 37.0. The van der Waals surface area contributed by atoms with Gasteiger partial charge in [-0.15, -0.1) is 0 Å². The number of aromatic nitrogens is 4. The molecule has 0 aliphatic carbocycles. The van der Waals surface area contributed by atoms with E-state index in [1.807, 2.05) is 39.0 Å². The Labute approximate surface area is 306 Å². The minimum Gasteiger partial charge on any atom is -0.550 e. The number of rotatable bonds is 8. The van der Waals surface area contributed by atoms with Crippen LogP contribution in [-0.2, 0) is 16.0 Å². The van der Waals surface area contributed by atoms with Crippen molar-refractivity contribution >= 4 is 56.3 Å². The number of aliphatic carboxylic acids is 2. The van der Waals surface area contributed by atoms with E-state index in [2.05, 4.69) is 29.9 Å². The zero-order chi connectivity index (χ0) is 31.2. The number of aliphatic hydroxyl groups is 1. The summed E-state index contributed by atoms with van der Waals surface area (Å²) in [6.07, 6.45) is 0.175. The molecule has 45 heavy (non-hydrogen) atoms. The molecular formula is C34H36N4Na2O5. The van der Waals surface area contributed by atoms with E-state index in [0.717, 1.165) is 73.0 Å². The smallest absolute Gasteiger partial charge is 0.550 e. The molecule has 0 saturated carbocycles. The van der Waals surface area contributed by atoms with Gasteiger partial charge in [0.25, 0.3) is 0 Å². The topological polar surface area (TPSA) is 158 Å². The van der Waals surface area contributed by atoms with Gasteiger partial charge in [-0.2, -0.15) is 0 Å². The Morgan fingerprint density at radius 2 is 1.20 bits per heavy atom. The molecule has 224 valence electrons. The Morgan fingerprint density at radius 1 is 0.733 bits per heavy atom. The number of carbonyl (C=O) groups excluding carboxylic acids is 2. The molecule has 2 aliphatic rings. The van der Waals surface area contributed by atoms with Crippen molar-refractivity contribution in [1.82, 2.24) is 19.9 Å². The van der Waals surface area contributed by atoms with Crippen molar-refractivity contribution in [3.8, 4) is 0 Å². The van der Waals surface area contributed by atoms with Crippen LogP contribution in [0.2, 0.25) is 0 Å². The fourth-order valence-corrected chi connectivity index (χ4v) is 6.26. The minimum absolute atomic E-state index is 0. The van der Waals surface area contributed by atoms with Gasteiger partial charge in [0, 0.05) is 39.6 Å². The number of aromatic amines is 2. The molecule has 0 saturated heterocycles. The van der Waals surface area contributed by atoms with Gasteiger partial charge in [0.1, 0.15) is 0 Å². The first-order valence-electron chi connectivity index (χ1n) is 14.6. The third kappa shape index (κ3) is 7.41. The summed E-state index contributed by atoms with van der Waals surface area (Å²) < 4.78 is 0. The molecule has 5 rings (SSSR count). The number of carbonyl (C=O) groups is 2. The van der Waals surface area contributed by atoms with E-state index in [9.17, 15) is 24.9 Å². The number of hydrogen-bond donors (Lipinski definition) is 3. The number of allylic oxidation sites excluding steroid dienone is 4. The van der Waals surface area contributed by atoms with Crippen LogP contribution < -0.4 is 69.3 Å². The summed E-state index contributed by atoms with van der Waals surface area (Å²) in [5.74, 6) is -2.31. The first-order chi connectivity index (χ1) is 20.4. The Kier molecular flexibility index (Phi) is 12.3. The zero-order valence-corrected chi connectivity index (χ0v) is 31.4. The van der Waals surface area contributed by atoms with E-state index >= 15 is 0 Å². The maximum Gasteiger partial charge on any atom is 1.00 e. The summed E-state index contributed by atoms with van der Waals surface area (Å²) >= 11 is 0. The van der Waals surface area contributed by atoms with Crippen molar-refractivity contribution in [1.29, 1.82) is 0 Å². The van der Waals surface area contributed by atoms with E-state index in [-0.39, 0.29) is 84.8 Å². The van der Waals surface area contributed by atoms with Gasteiger partial charge in [-0.25, -0.2) is 9.97 Å². The summed E-state index contributed by atoms with van der Waals surface area (Å²) in [4.78, 5) is 39.8.